The minimum absolute atomic E-state index is 0.0524. The van der Waals surface area contributed by atoms with Crippen LogP contribution in [0.4, 0.5) is 5.69 Å². The topological polar surface area (TPSA) is 84.9 Å². The number of carboxylic acid groups (broad SMARTS) is 1. The van der Waals surface area contributed by atoms with Gasteiger partial charge in [0.15, 0.2) is 5.75 Å². The molecule has 138 valence electrons. The summed E-state index contributed by atoms with van der Waals surface area (Å²) in [5, 5.41) is 11.9. The molecule has 0 aliphatic heterocycles. The van der Waals surface area contributed by atoms with Gasteiger partial charge in [-0.3, -0.25) is 4.79 Å². The second-order valence-corrected chi connectivity index (χ2v) is 6.07. The van der Waals surface area contributed by atoms with E-state index in [9.17, 15) is 9.59 Å². The molecule has 0 aromatic heterocycles. The van der Waals surface area contributed by atoms with Gasteiger partial charge in [0.1, 0.15) is 5.75 Å². The molecule has 7 heteroatoms. The first-order chi connectivity index (χ1) is 12.3. The quantitative estimate of drug-likeness (QED) is 0.743. The molecule has 0 aliphatic rings. The zero-order valence-corrected chi connectivity index (χ0v) is 15.5. The van der Waals surface area contributed by atoms with Crippen LogP contribution in [0.15, 0.2) is 36.4 Å². The maximum absolute atomic E-state index is 12.5. The van der Waals surface area contributed by atoms with Gasteiger partial charge in [0.25, 0.3) is 5.91 Å². The number of benzene rings is 2. The van der Waals surface area contributed by atoms with E-state index in [-0.39, 0.29) is 28.1 Å². The van der Waals surface area contributed by atoms with Gasteiger partial charge in [-0.1, -0.05) is 18.5 Å². The normalized spacial score (nSPS) is 11.5. The fourth-order valence-corrected chi connectivity index (χ4v) is 2.51. The standard InChI is InChI=1S/C19H20ClNO5/c1-4-11(2)26-14-7-5-12(6-8-14)18(22)21-16-10-13(19(23)24)9-15(20)17(16)25-3/h5-11H,4H2,1-3H3,(H,21,22)(H,23,24)/t11-/m0/s1. The molecule has 1 atom stereocenters. The molecule has 26 heavy (non-hydrogen) atoms. The summed E-state index contributed by atoms with van der Waals surface area (Å²) in [6.45, 7) is 3.99. The van der Waals surface area contributed by atoms with Crippen LogP contribution in [0, 0.1) is 0 Å². The van der Waals surface area contributed by atoms with Gasteiger partial charge < -0.3 is 19.9 Å². The number of methoxy groups -OCH3 is 1. The predicted molar refractivity (Wildman–Crippen MR) is 99.7 cm³/mol. The number of carbonyl (C=O) groups is 2. The van der Waals surface area contributed by atoms with Gasteiger partial charge >= 0.3 is 5.97 Å². The Bertz CT molecular complexity index is 804. The summed E-state index contributed by atoms with van der Waals surface area (Å²) in [7, 11) is 1.39. The Labute approximate surface area is 156 Å². The second kappa shape index (κ2) is 8.58. The number of ether oxygens (including phenoxy) is 2. The SMILES string of the molecule is CC[C@H](C)Oc1ccc(C(=O)Nc2cc(C(=O)O)cc(Cl)c2OC)cc1. The van der Waals surface area contributed by atoms with E-state index in [0.29, 0.717) is 11.3 Å². The van der Waals surface area contributed by atoms with Crippen LogP contribution in [-0.2, 0) is 0 Å². The van der Waals surface area contributed by atoms with Crippen molar-refractivity contribution in [1.29, 1.82) is 0 Å². The summed E-state index contributed by atoms with van der Waals surface area (Å²) >= 11 is 6.03. The number of nitrogens with one attached hydrogen (secondary N) is 1. The second-order valence-electron chi connectivity index (χ2n) is 5.66. The van der Waals surface area contributed by atoms with Gasteiger partial charge in [-0.25, -0.2) is 4.79 Å². The summed E-state index contributed by atoms with van der Waals surface area (Å²) in [6, 6.07) is 9.23. The number of amides is 1. The molecule has 2 aromatic carbocycles. The predicted octanol–water partition coefficient (Wildman–Crippen LogP) is 4.48. The summed E-state index contributed by atoms with van der Waals surface area (Å²) < 4.78 is 10.8. The number of hydrogen-bond donors (Lipinski definition) is 2. The van der Waals surface area contributed by atoms with Crippen molar-refractivity contribution >= 4 is 29.2 Å². The third-order valence-corrected chi connectivity index (χ3v) is 4.05. The van der Waals surface area contributed by atoms with Gasteiger partial charge in [-0.15, -0.1) is 0 Å². The lowest BCUT2D eigenvalue weighted by Gasteiger charge is -2.14. The van der Waals surface area contributed by atoms with Crippen molar-refractivity contribution in [1.82, 2.24) is 0 Å². The molecule has 0 saturated heterocycles. The fraction of sp³-hybridized carbons (Fsp3) is 0.263. The average Bonchev–Trinajstić information content (AvgIpc) is 2.61. The van der Waals surface area contributed by atoms with Crippen LogP contribution in [0.1, 0.15) is 41.0 Å². The number of aromatic carboxylic acids is 1. The van der Waals surface area contributed by atoms with E-state index in [2.05, 4.69) is 5.32 Å². The zero-order chi connectivity index (χ0) is 19.3. The van der Waals surface area contributed by atoms with E-state index in [1.807, 2.05) is 13.8 Å². The summed E-state index contributed by atoms with van der Waals surface area (Å²) in [6.07, 6.45) is 0.961. The molecular formula is C19H20ClNO5. The van der Waals surface area contributed by atoms with Crippen LogP contribution in [-0.4, -0.2) is 30.2 Å². The Balaban J connectivity index is 2.22. The largest absolute Gasteiger partial charge is 0.493 e. The Morgan fingerprint density at radius 2 is 1.85 bits per heavy atom. The Morgan fingerprint density at radius 3 is 2.38 bits per heavy atom. The third-order valence-electron chi connectivity index (χ3n) is 3.77. The van der Waals surface area contributed by atoms with E-state index < -0.39 is 11.9 Å². The summed E-state index contributed by atoms with van der Waals surface area (Å²) in [5.41, 5.74) is 0.520. The molecule has 0 radical (unpaired) electrons. The van der Waals surface area contributed by atoms with Crippen LogP contribution in [0.2, 0.25) is 5.02 Å². The van der Waals surface area contributed by atoms with Crippen molar-refractivity contribution in [2.24, 2.45) is 0 Å². The molecule has 0 heterocycles. The fourth-order valence-electron chi connectivity index (χ4n) is 2.21. The van der Waals surface area contributed by atoms with E-state index in [0.717, 1.165) is 6.42 Å². The molecule has 1 amide bonds. The minimum Gasteiger partial charge on any atom is -0.493 e. The molecule has 6 nitrogen and oxygen atoms in total. The van der Waals surface area contributed by atoms with E-state index in [1.54, 1.807) is 24.3 Å². The van der Waals surface area contributed by atoms with Gasteiger partial charge in [0.05, 0.1) is 29.5 Å². The van der Waals surface area contributed by atoms with Crippen molar-refractivity contribution in [2.75, 3.05) is 12.4 Å². The number of carboxylic acids is 1. The van der Waals surface area contributed by atoms with E-state index in [1.165, 1.54) is 19.2 Å². The van der Waals surface area contributed by atoms with Gasteiger partial charge in [0.2, 0.25) is 0 Å². The molecule has 0 bridgehead atoms. The highest BCUT2D eigenvalue weighted by molar-refractivity contribution is 6.33. The Hall–Kier alpha value is -2.73. The lowest BCUT2D eigenvalue weighted by atomic mass is 10.1. The highest BCUT2D eigenvalue weighted by Gasteiger charge is 2.17. The van der Waals surface area contributed by atoms with Gasteiger partial charge in [0, 0.05) is 5.56 Å². The van der Waals surface area contributed by atoms with Crippen LogP contribution < -0.4 is 14.8 Å². The lowest BCUT2D eigenvalue weighted by Crippen LogP contribution is -2.14. The van der Waals surface area contributed by atoms with Crippen LogP contribution in [0.5, 0.6) is 11.5 Å². The third kappa shape index (κ3) is 4.67. The average molecular weight is 378 g/mol. The number of carbonyl (C=O) groups excluding carboxylic acids is 1. The summed E-state index contributed by atoms with van der Waals surface area (Å²) in [5.74, 6) is -0.709. The van der Waals surface area contributed by atoms with Crippen molar-refractivity contribution < 1.29 is 24.2 Å². The number of anilines is 1. The first-order valence-electron chi connectivity index (χ1n) is 8.04. The lowest BCUT2D eigenvalue weighted by molar-refractivity contribution is 0.0696. The molecule has 2 N–H and O–H groups in total. The molecule has 0 spiro atoms. The minimum atomic E-state index is -1.16. The van der Waals surface area contributed by atoms with Crippen LogP contribution in [0.3, 0.4) is 0 Å². The van der Waals surface area contributed by atoms with Crippen molar-refractivity contribution in [3.05, 3.63) is 52.5 Å². The van der Waals surface area contributed by atoms with E-state index >= 15 is 0 Å². The van der Waals surface area contributed by atoms with Gasteiger partial charge in [-0.2, -0.15) is 0 Å². The number of halogens is 1. The number of hydrogen-bond acceptors (Lipinski definition) is 4. The van der Waals surface area contributed by atoms with Crippen molar-refractivity contribution in [2.45, 2.75) is 26.4 Å². The maximum Gasteiger partial charge on any atom is 0.335 e. The monoisotopic (exact) mass is 377 g/mol. The zero-order valence-electron chi connectivity index (χ0n) is 14.7. The molecular weight excluding hydrogens is 358 g/mol. The Kier molecular flexibility index (Phi) is 6.46. The maximum atomic E-state index is 12.5. The first kappa shape index (κ1) is 19.6. The summed E-state index contributed by atoms with van der Waals surface area (Å²) in [4.78, 5) is 23.7. The highest BCUT2D eigenvalue weighted by atomic mass is 35.5. The van der Waals surface area contributed by atoms with Crippen LogP contribution in [0.25, 0.3) is 0 Å². The van der Waals surface area contributed by atoms with E-state index in [4.69, 9.17) is 26.2 Å². The Morgan fingerprint density at radius 1 is 1.19 bits per heavy atom. The smallest absolute Gasteiger partial charge is 0.335 e. The molecule has 0 unspecified atom stereocenters. The molecule has 2 aromatic rings. The highest BCUT2D eigenvalue weighted by Crippen LogP contribution is 2.34. The van der Waals surface area contributed by atoms with Crippen molar-refractivity contribution in [3.8, 4) is 11.5 Å². The molecule has 0 saturated carbocycles. The first-order valence-corrected chi connectivity index (χ1v) is 8.42. The molecule has 0 fully saturated rings. The van der Waals surface area contributed by atoms with Crippen LogP contribution >= 0.6 is 11.6 Å². The molecule has 2 rings (SSSR count). The van der Waals surface area contributed by atoms with Crippen molar-refractivity contribution in [3.63, 3.8) is 0 Å². The van der Waals surface area contributed by atoms with Gasteiger partial charge in [-0.05, 0) is 49.7 Å². The number of rotatable bonds is 7. The molecule has 0 aliphatic carbocycles.